The zero-order valence-corrected chi connectivity index (χ0v) is 17.7. The first-order chi connectivity index (χ1) is 14.7. The quantitative estimate of drug-likeness (QED) is 0.663. The van der Waals surface area contributed by atoms with Crippen molar-refractivity contribution in [2.24, 2.45) is 11.8 Å². The molecule has 6 nitrogen and oxygen atoms in total. The van der Waals surface area contributed by atoms with Gasteiger partial charge in [-0.3, -0.25) is 18.9 Å². The maximum atomic E-state index is 12.9. The molecule has 0 bridgehead atoms. The average Bonchev–Trinajstić information content (AvgIpc) is 3.50. The van der Waals surface area contributed by atoms with Crippen LogP contribution in [0.1, 0.15) is 31.4 Å². The molecule has 1 aromatic carbocycles. The number of piperidine rings is 1. The van der Waals surface area contributed by atoms with Crippen LogP contribution in [-0.4, -0.2) is 39.8 Å². The van der Waals surface area contributed by atoms with Crippen LogP contribution in [0.3, 0.4) is 0 Å². The summed E-state index contributed by atoms with van der Waals surface area (Å²) >= 11 is 1.49. The highest BCUT2D eigenvalue weighted by Crippen LogP contribution is 2.28. The monoisotopic (exact) mass is 422 g/mol. The Bertz CT molecular complexity index is 1100. The molecule has 1 aliphatic heterocycles. The molecule has 5 rings (SSSR count). The van der Waals surface area contributed by atoms with Gasteiger partial charge in [-0.25, -0.2) is 4.98 Å². The molecule has 1 amide bonds. The number of hydrogen-bond donors (Lipinski definition) is 1. The van der Waals surface area contributed by atoms with Crippen molar-refractivity contribution < 1.29 is 4.79 Å². The van der Waals surface area contributed by atoms with E-state index in [1.165, 1.54) is 24.2 Å². The summed E-state index contributed by atoms with van der Waals surface area (Å²) in [4.78, 5) is 33.1. The van der Waals surface area contributed by atoms with Crippen molar-refractivity contribution in [1.82, 2.24) is 19.6 Å². The number of aromatic nitrogens is 2. The zero-order chi connectivity index (χ0) is 20.5. The van der Waals surface area contributed by atoms with E-state index in [0.29, 0.717) is 17.4 Å². The summed E-state index contributed by atoms with van der Waals surface area (Å²) < 4.78 is 1.69. The lowest BCUT2D eigenvalue weighted by atomic mass is 9.97. The van der Waals surface area contributed by atoms with Gasteiger partial charge in [0.15, 0.2) is 4.96 Å². The lowest BCUT2D eigenvalue weighted by molar-refractivity contribution is -0.126. The Labute approximate surface area is 179 Å². The van der Waals surface area contributed by atoms with E-state index in [4.69, 9.17) is 4.98 Å². The SMILES string of the molecule is O=C(NCC1CC1)[C@@H]1CCCN(Cc2cc(=O)n3c(-c4ccccc4)csc3n2)C1. The first kappa shape index (κ1) is 19.5. The third-order valence-corrected chi connectivity index (χ3v) is 6.88. The highest BCUT2D eigenvalue weighted by atomic mass is 32.1. The van der Waals surface area contributed by atoms with Crippen LogP contribution in [0.5, 0.6) is 0 Å². The van der Waals surface area contributed by atoms with Crippen LogP contribution in [0.4, 0.5) is 0 Å². The number of nitrogens with zero attached hydrogens (tertiary/aromatic N) is 3. The topological polar surface area (TPSA) is 66.7 Å². The van der Waals surface area contributed by atoms with Crippen LogP contribution in [0.2, 0.25) is 0 Å². The lowest BCUT2D eigenvalue weighted by Crippen LogP contribution is -2.43. The van der Waals surface area contributed by atoms with E-state index in [-0.39, 0.29) is 17.4 Å². The number of thiazole rings is 1. The van der Waals surface area contributed by atoms with Crippen LogP contribution in [0, 0.1) is 11.8 Å². The fraction of sp³-hybridized carbons (Fsp3) is 0.435. The molecule has 2 fully saturated rings. The predicted octanol–water partition coefficient (Wildman–Crippen LogP) is 3.16. The van der Waals surface area contributed by atoms with Crippen molar-refractivity contribution in [2.75, 3.05) is 19.6 Å². The number of carbonyl (C=O) groups is 1. The molecule has 2 aromatic heterocycles. The van der Waals surface area contributed by atoms with E-state index in [1.54, 1.807) is 10.5 Å². The molecule has 1 atom stereocenters. The number of nitrogens with one attached hydrogen (secondary N) is 1. The molecule has 1 aliphatic carbocycles. The van der Waals surface area contributed by atoms with Crippen LogP contribution < -0.4 is 10.9 Å². The number of benzene rings is 1. The molecule has 0 radical (unpaired) electrons. The molecule has 1 saturated heterocycles. The summed E-state index contributed by atoms with van der Waals surface area (Å²) in [5.41, 5.74) is 2.62. The minimum atomic E-state index is -0.0501. The molecule has 156 valence electrons. The molecule has 1 N–H and O–H groups in total. The van der Waals surface area contributed by atoms with Gasteiger partial charge in [0.25, 0.3) is 5.56 Å². The van der Waals surface area contributed by atoms with E-state index in [9.17, 15) is 9.59 Å². The Kier molecular flexibility index (Phi) is 5.39. The van der Waals surface area contributed by atoms with E-state index >= 15 is 0 Å². The normalized spacial score (nSPS) is 19.8. The summed E-state index contributed by atoms with van der Waals surface area (Å²) in [6.45, 7) is 3.10. The Balaban J connectivity index is 1.30. The van der Waals surface area contributed by atoms with Gasteiger partial charge in [-0.05, 0) is 43.7 Å². The van der Waals surface area contributed by atoms with Gasteiger partial charge in [-0.1, -0.05) is 30.3 Å². The minimum absolute atomic E-state index is 0.0359. The lowest BCUT2D eigenvalue weighted by Gasteiger charge is -2.31. The van der Waals surface area contributed by atoms with Gasteiger partial charge in [0.2, 0.25) is 5.91 Å². The number of likely N-dealkylation sites (tertiary alicyclic amines) is 1. The van der Waals surface area contributed by atoms with Crippen molar-refractivity contribution in [1.29, 1.82) is 0 Å². The summed E-state index contributed by atoms with van der Waals surface area (Å²) in [6.07, 6.45) is 4.43. The van der Waals surface area contributed by atoms with Crippen molar-refractivity contribution in [3.63, 3.8) is 0 Å². The number of rotatable bonds is 6. The summed E-state index contributed by atoms with van der Waals surface area (Å²) in [7, 11) is 0. The number of hydrogen-bond acceptors (Lipinski definition) is 5. The summed E-state index contributed by atoms with van der Waals surface area (Å²) in [5, 5.41) is 5.11. The standard InChI is InChI=1S/C23H26N4O2S/c28-21-11-19(25-23-27(21)20(15-30-23)17-5-2-1-3-6-17)14-26-10-4-7-18(13-26)22(29)24-12-16-8-9-16/h1-3,5-6,11,15-16,18H,4,7-10,12-14H2,(H,24,29)/t18-/m1/s1. The Morgan fingerprint density at radius 1 is 1.20 bits per heavy atom. The number of carbonyl (C=O) groups excluding carboxylic acids is 1. The Morgan fingerprint density at radius 3 is 2.83 bits per heavy atom. The smallest absolute Gasteiger partial charge is 0.259 e. The molecule has 1 saturated carbocycles. The summed E-state index contributed by atoms with van der Waals surface area (Å²) in [6, 6.07) is 11.6. The van der Waals surface area contributed by atoms with Gasteiger partial charge in [0.05, 0.1) is 17.3 Å². The maximum absolute atomic E-state index is 12.9. The molecule has 3 aromatic rings. The average molecular weight is 423 g/mol. The molecular formula is C23H26N4O2S. The number of fused-ring (bicyclic) bond motifs is 1. The Morgan fingerprint density at radius 2 is 2.03 bits per heavy atom. The van der Waals surface area contributed by atoms with E-state index in [1.807, 2.05) is 35.7 Å². The molecular weight excluding hydrogens is 396 g/mol. The molecule has 0 unspecified atom stereocenters. The van der Waals surface area contributed by atoms with Gasteiger partial charge in [0.1, 0.15) is 0 Å². The van der Waals surface area contributed by atoms with Crippen LogP contribution in [0.25, 0.3) is 16.2 Å². The zero-order valence-electron chi connectivity index (χ0n) is 16.9. The highest BCUT2D eigenvalue weighted by Gasteiger charge is 2.28. The van der Waals surface area contributed by atoms with Crippen LogP contribution in [0.15, 0.2) is 46.6 Å². The molecule has 3 heterocycles. The van der Waals surface area contributed by atoms with Gasteiger partial charge < -0.3 is 5.32 Å². The van der Waals surface area contributed by atoms with Gasteiger partial charge in [-0.2, -0.15) is 0 Å². The van der Waals surface area contributed by atoms with Crippen molar-refractivity contribution >= 4 is 22.2 Å². The van der Waals surface area contributed by atoms with Crippen molar-refractivity contribution in [3.8, 4) is 11.3 Å². The van der Waals surface area contributed by atoms with Gasteiger partial charge in [-0.15, -0.1) is 11.3 Å². The Hall–Kier alpha value is -2.51. The second-order valence-electron chi connectivity index (χ2n) is 8.45. The first-order valence-corrected chi connectivity index (χ1v) is 11.6. The predicted molar refractivity (Wildman–Crippen MR) is 119 cm³/mol. The van der Waals surface area contributed by atoms with Crippen LogP contribution in [-0.2, 0) is 11.3 Å². The van der Waals surface area contributed by atoms with Crippen LogP contribution >= 0.6 is 11.3 Å². The van der Waals surface area contributed by atoms with Gasteiger partial charge >= 0.3 is 0 Å². The highest BCUT2D eigenvalue weighted by molar-refractivity contribution is 7.15. The fourth-order valence-corrected chi connectivity index (χ4v) is 5.13. The maximum Gasteiger partial charge on any atom is 0.259 e. The molecule has 7 heteroatoms. The first-order valence-electron chi connectivity index (χ1n) is 10.7. The largest absolute Gasteiger partial charge is 0.356 e. The third kappa shape index (κ3) is 4.18. The third-order valence-electron chi connectivity index (χ3n) is 6.05. The van der Waals surface area contributed by atoms with Crippen molar-refractivity contribution in [3.05, 3.63) is 57.8 Å². The van der Waals surface area contributed by atoms with E-state index in [2.05, 4.69) is 10.2 Å². The number of amides is 1. The fourth-order valence-electron chi connectivity index (χ4n) is 4.21. The molecule has 2 aliphatic rings. The van der Waals surface area contributed by atoms with E-state index < -0.39 is 0 Å². The molecule has 0 spiro atoms. The molecule has 30 heavy (non-hydrogen) atoms. The second kappa shape index (κ2) is 8.32. The van der Waals surface area contributed by atoms with E-state index in [0.717, 1.165) is 49.4 Å². The minimum Gasteiger partial charge on any atom is -0.356 e. The van der Waals surface area contributed by atoms with Gasteiger partial charge in [0, 0.05) is 31.1 Å². The van der Waals surface area contributed by atoms with Crippen molar-refractivity contribution in [2.45, 2.75) is 32.2 Å². The summed E-state index contributed by atoms with van der Waals surface area (Å²) in [5.74, 6) is 0.915. The second-order valence-corrected chi connectivity index (χ2v) is 9.29.